The predicted molar refractivity (Wildman–Crippen MR) is 116 cm³/mol. The molecule has 0 spiro atoms. The number of carbonyl (C=O) groups excluding carboxylic acids is 2. The van der Waals surface area contributed by atoms with E-state index in [1.54, 1.807) is 54.6 Å². The summed E-state index contributed by atoms with van der Waals surface area (Å²) in [5.74, 6) is 0.681. The Bertz CT molecular complexity index is 967. The summed E-state index contributed by atoms with van der Waals surface area (Å²) < 4.78 is 5.68. The van der Waals surface area contributed by atoms with Crippen LogP contribution in [0.2, 0.25) is 0 Å². The van der Waals surface area contributed by atoms with E-state index >= 15 is 0 Å². The van der Waals surface area contributed by atoms with Crippen molar-refractivity contribution in [2.45, 2.75) is 13.8 Å². The first-order valence-corrected chi connectivity index (χ1v) is 9.52. The Kier molecular flexibility index (Phi) is 6.63. The summed E-state index contributed by atoms with van der Waals surface area (Å²) in [6.45, 7) is 4.74. The van der Waals surface area contributed by atoms with Gasteiger partial charge in [-0.05, 0) is 60.5 Å². The quantitative estimate of drug-likeness (QED) is 0.583. The fourth-order valence-electron chi connectivity index (χ4n) is 2.62. The number of ether oxygens (including phenoxy) is 1. The van der Waals surface area contributed by atoms with E-state index in [-0.39, 0.29) is 11.8 Å². The highest BCUT2D eigenvalue weighted by Crippen LogP contribution is 2.18. The average molecular weight is 388 g/mol. The van der Waals surface area contributed by atoms with Gasteiger partial charge in [0.1, 0.15) is 5.75 Å². The third-order valence-electron chi connectivity index (χ3n) is 4.12. The monoisotopic (exact) mass is 388 g/mol. The number of hydrogen-bond donors (Lipinski definition) is 2. The highest BCUT2D eigenvalue weighted by atomic mass is 16.5. The largest absolute Gasteiger partial charge is 0.493 e. The smallest absolute Gasteiger partial charge is 0.255 e. The molecule has 3 rings (SSSR count). The minimum Gasteiger partial charge on any atom is -0.493 e. The van der Waals surface area contributed by atoms with Crippen LogP contribution >= 0.6 is 0 Å². The summed E-state index contributed by atoms with van der Waals surface area (Å²) >= 11 is 0. The summed E-state index contributed by atoms with van der Waals surface area (Å²) in [5.41, 5.74) is 2.40. The summed E-state index contributed by atoms with van der Waals surface area (Å²) in [4.78, 5) is 24.7. The van der Waals surface area contributed by atoms with E-state index in [4.69, 9.17) is 4.74 Å². The number of amides is 2. The van der Waals surface area contributed by atoms with Crippen LogP contribution in [0, 0.1) is 5.92 Å². The second-order valence-corrected chi connectivity index (χ2v) is 7.08. The molecule has 0 atom stereocenters. The normalized spacial score (nSPS) is 10.4. The Morgan fingerprint density at radius 3 is 1.90 bits per heavy atom. The van der Waals surface area contributed by atoms with Gasteiger partial charge in [-0.3, -0.25) is 9.59 Å². The number of rotatable bonds is 7. The summed E-state index contributed by atoms with van der Waals surface area (Å²) in [7, 11) is 0. The van der Waals surface area contributed by atoms with Gasteiger partial charge in [-0.25, -0.2) is 0 Å². The van der Waals surface area contributed by atoms with Gasteiger partial charge in [0.25, 0.3) is 11.8 Å². The maximum absolute atomic E-state index is 12.5. The van der Waals surface area contributed by atoms with Crippen molar-refractivity contribution < 1.29 is 14.3 Å². The van der Waals surface area contributed by atoms with Crippen molar-refractivity contribution in [3.8, 4) is 5.75 Å². The molecule has 5 nitrogen and oxygen atoms in total. The number of anilines is 2. The molecule has 3 aromatic rings. The van der Waals surface area contributed by atoms with Crippen molar-refractivity contribution in [3.63, 3.8) is 0 Å². The van der Waals surface area contributed by atoms with Gasteiger partial charge in [0.2, 0.25) is 0 Å². The summed E-state index contributed by atoms with van der Waals surface area (Å²) in [6.07, 6.45) is 0. The van der Waals surface area contributed by atoms with E-state index < -0.39 is 0 Å². The molecule has 5 heteroatoms. The van der Waals surface area contributed by atoms with Crippen LogP contribution in [-0.2, 0) is 0 Å². The van der Waals surface area contributed by atoms with E-state index in [0.29, 0.717) is 40.8 Å². The Labute approximate surface area is 170 Å². The first-order valence-electron chi connectivity index (χ1n) is 9.52. The van der Waals surface area contributed by atoms with Gasteiger partial charge in [0, 0.05) is 22.5 Å². The Hall–Kier alpha value is -3.60. The molecule has 2 N–H and O–H groups in total. The van der Waals surface area contributed by atoms with Crippen LogP contribution in [-0.4, -0.2) is 18.4 Å². The minimum absolute atomic E-state index is 0.180. The first kappa shape index (κ1) is 20.1. The highest BCUT2D eigenvalue weighted by molar-refractivity contribution is 6.05. The number of benzene rings is 3. The van der Waals surface area contributed by atoms with E-state index in [1.807, 2.05) is 24.3 Å². The lowest BCUT2D eigenvalue weighted by atomic mass is 10.2. The number of carbonyl (C=O) groups is 2. The molecule has 0 unspecified atom stereocenters. The van der Waals surface area contributed by atoms with Crippen LogP contribution < -0.4 is 15.4 Å². The number of nitrogens with one attached hydrogen (secondary N) is 2. The van der Waals surface area contributed by atoms with Crippen LogP contribution in [0.1, 0.15) is 34.6 Å². The molecule has 0 saturated carbocycles. The zero-order valence-electron chi connectivity index (χ0n) is 16.5. The van der Waals surface area contributed by atoms with Crippen LogP contribution in [0.4, 0.5) is 11.4 Å². The first-order chi connectivity index (χ1) is 14.0. The molecule has 0 radical (unpaired) electrons. The SMILES string of the molecule is CC(C)COc1cccc(C(=O)Nc2ccc(NC(=O)c3ccccc3)cc2)c1. The van der Waals surface area contributed by atoms with Crippen LogP contribution in [0.25, 0.3) is 0 Å². The molecule has 29 heavy (non-hydrogen) atoms. The fraction of sp³-hybridized carbons (Fsp3) is 0.167. The molecule has 3 aromatic carbocycles. The van der Waals surface area contributed by atoms with Gasteiger partial charge >= 0.3 is 0 Å². The molecule has 0 aliphatic heterocycles. The molecule has 0 heterocycles. The van der Waals surface area contributed by atoms with Crippen molar-refractivity contribution in [2.75, 3.05) is 17.2 Å². The zero-order chi connectivity index (χ0) is 20.6. The standard InChI is InChI=1S/C24H24N2O3/c1-17(2)16-29-22-10-6-9-19(15-22)24(28)26-21-13-11-20(12-14-21)25-23(27)18-7-4-3-5-8-18/h3-15,17H,16H2,1-2H3,(H,25,27)(H,26,28). The molecule has 0 saturated heterocycles. The molecule has 148 valence electrons. The lowest BCUT2D eigenvalue weighted by Crippen LogP contribution is -2.13. The van der Waals surface area contributed by atoms with Gasteiger partial charge in [0.05, 0.1) is 6.61 Å². The van der Waals surface area contributed by atoms with E-state index in [2.05, 4.69) is 24.5 Å². The predicted octanol–water partition coefficient (Wildman–Crippen LogP) is 5.23. The van der Waals surface area contributed by atoms with Gasteiger partial charge in [-0.1, -0.05) is 38.1 Å². The van der Waals surface area contributed by atoms with Crippen molar-refractivity contribution >= 4 is 23.2 Å². The molecular formula is C24H24N2O3. The van der Waals surface area contributed by atoms with Crippen molar-refractivity contribution in [3.05, 3.63) is 90.0 Å². The van der Waals surface area contributed by atoms with Crippen molar-refractivity contribution in [1.82, 2.24) is 0 Å². The Balaban J connectivity index is 1.60. The molecule has 0 fully saturated rings. The third-order valence-corrected chi connectivity index (χ3v) is 4.12. The second-order valence-electron chi connectivity index (χ2n) is 7.08. The maximum Gasteiger partial charge on any atom is 0.255 e. The molecule has 0 bridgehead atoms. The highest BCUT2D eigenvalue weighted by Gasteiger charge is 2.09. The maximum atomic E-state index is 12.5. The second kappa shape index (κ2) is 9.55. The van der Waals surface area contributed by atoms with Gasteiger partial charge in [-0.15, -0.1) is 0 Å². The van der Waals surface area contributed by atoms with E-state index in [9.17, 15) is 9.59 Å². The lowest BCUT2D eigenvalue weighted by molar-refractivity contribution is 0.101. The van der Waals surface area contributed by atoms with Crippen LogP contribution in [0.3, 0.4) is 0 Å². The Morgan fingerprint density at radius 1 is 0.759 bits per heavy atom. The molecule has 0 aromatic heterocycles. The van der Waals surface area contributed by atoms with Gasteiger partial charge < -0.3 is 15.4 Å². The number of hydrogen-bond acceptors (Lipinski definition) is 3. The molecule has 2 amide bonds. The third kappa shape index (κ3) is 5.94. The van der Waals surface area contributed by atoms with E-state index in [1.165, 1.54) is 0 Å². The van der Waals surface area contributed by atoms with Crippen LogP contribution in [0.15, 0.2) is 78.9 Å². The minimum atomic E-state index is -0.221. The summed E-state index contributed by atoms with van der Waals surface area (Å²) in [6, 6.07) is 23.1. The van der Waals surface area contributed by atoms with Gasteiger partial charge in [-0.2, -0.15) is 0 Å². The van der Waals surface area contributed by atoms with E-state index in [0.717, 1.165) is 0 Å². The van der Waals surface area contributed by atoms with Crippen molar-refractivity contribution in [2.24, 2.45) is 5.92 Å². The zero-order valence-corrected chi connectivity index (χ0v) is 16.5. The summed E-state index contributed by atoms with van der Waals surface area (Å²) in [5, 5.41) is 5.69. The van der Waals surface area contributed by atoms with Crippen LogP contribution in [0.5, 0.6) is 5.75 Å². The fourth-order valence-corrected chi connectivity index (χ4v) is 2.62. The molecule has 0 aliphatic carbocycles. The topological polar surface area (TPSA) is 67.4 Å². The average Bonchev–Trinajstić information content (AvgIpc) is 2.74. The molecular weight excluding hydrogens is 364 g/mol. The van der Waals surface area contributed by atoms with Crippen molar-refractivity contribution in [1.29, 1.82) is 0 Å². The lowest BCUT2D eigenvalue weighted by Gasteiger charge is -2.11. The molecule has 0 aliphatic rings. The Morgan fingerprint density at radius 2 is 1.31 bits per heavy atom. The van der Waals surface area contributed by atoms with Gasteiger partial charge in [0.15, 0.2) is 0 Å².